The third-order valence-electron chi connectivity index (χ3n) is 2.47. The zero-order valence-electron chi connectivity index (χ0n) is 10.4. The fourth-order valence-corrected chi connectivity index (χ4v) is 2.12. The van der Waals surface area contributed by atoms with E-state index in [9.17, 15) is 4.79 Å². The molecule has 1 aromatic heterocycles. The van der Waals surface area contributed by atoms with E-state index in [1.54, 1.807) is 25.3 Å². The van der Waals surface area contributed by atoms with Crippen LogP contribution in [0.4, 0.5) is 11.5 Å². The van der Waals surface area contributed by atoms with E-state index in [1.165, 1.54) is 6.07 Å². The maximum atomic E-state index is 11.0. The van der Waals surface area contributed by atoms with E-state index in [2.05, 4.69) is 26.2 Å². The molecule has 0 saturated heterocycles. The summed E-state index contributed by atoms with van der Waals surface area (Å²) in [6.07, 6.45) is 0. The number of carboxylic acid groups (broad SMARTS) is 1. The van der Waals surface area contributed by atoms with Crippen molar-refractivity contribution in [3.8, 4) is 5.75 Å². The van der Waals surface area contributed by atoms with Crippen molar-refractivity contribution in [3.63, 3.8) is 0 Å². The van der Waals surface area contributed by atoms with Crippen LogP contribution in [-0.2, 0) is 0 Å². The summed E-state index contributed by atoms with van der Waals surface area (Å²) in [5.74, 6) is -0.204. The number of hydrogen-bond acceptors (Lipinski definition) is 4. The zero-order valence-corrected chi connectivity index (χ0v) is 12.7. The molecule has 0 radical (unpaired) electrons. The maximum Gasteiger partial charge on any atom is 0.356 e. The molecule has 0 bridgehead atoms. The van der Waals surface area contributed by atoms with Crippen LogP contribution in [-0.4, -0.2) is 23.2 Å². The van der Waals surface area contributed by atoms with Gasteiger partial charge in [0.15, 0.2) is 5.69 Å². The van der Waals surface area contributed by atoms with Gasteiger partial charge in [0.05, 0.1) is 17.8 Å². The Morgan fingerprint density at radius 3 is 2.80 bits per heavy atom. The number of carboxylic acids is 1. The first-order chi connectivity index (χ1) is 9.51. The Kier molecular flexibility index (Phi) is 4.46. The maximum absolute atomic E-state index is 11.0. The number of aromatic nitrogens is 1. The molecule has 2 aromatic rings. The van der Waals surface area contributed by atoms with Crippen molar-refractivity contribution in [3.05, 3.63) is 45.5 Å². The topological polar surface area (TPSA) is 71.5 Å². The van der Waals surface area contributed by atoms with Crippen molar-refractivity contribution in [2.75, 3.05) is 12.4 Å². The molecule has 1 heterocycles. The number of nitrogens with zero attached hydrogens (tertiary/aromatic N) is 1. The monoisotopic (exact) mass is 356 g/mol. The summed E-state index contributed by atoms with van der Waals surface area (Å²) in [7, 11) is 1.55. The highest BCUT2D eigenvalue weighted by Gasteiger charge is 2.12. The minimum atomic E-state index is -1.18. The molecule has 0 aliphatic carbocycles. The van der Waals surface area contributed by atoms with Crippen LogP contribution in [0.1, 0.15) is 10.5 Å². The Morgan fingerprint density at radius 1 is 1.40 bits per heavy atom. The zero-order chi connectivity index (χ0) is 14.7. The molecular weight excluding hydrogens is 348 g/mol. The molecule has 5 nitrogen and oxygen atoms in total. The van der Waals surface area contributed by atoms with Crippen LogP contribution in [0, 0.1) is 0 Å². The van der Waals surface area contributed by atoms with Crippen molar-refractivity contribution >= 4 is 45.0 Å². The average molecular weight is 358 g/mol. The molecule has 2 rings (SSSR count). The Hall–Kier alpha value is -1.79. The number of ether oxygens (including phenoxy) is 1. The smallest absolute Gasteiger partial charge is 0.356 e. The van der Waals surface area contributed by atoms with Gasteiger partial charge in [0.1, 0.15) is 11.6 Å². The van der Waals surface area contributed by atoms with Crippen LogP contribution in [0.25, 0.3) is 0 Å². The molecule has 0 aliphatic rings. The lowest BCUT2D eigenvalue weighted by molar-refractivity contribution is 0.0691. The molecule has 0 amide bonds. The fourth-order valence-electron chi connectivity index (χ4n) is 1.58. The van der Waals surface area contributed by atoms with E-state index in [4.69, 9.17) is 21.4 Å². The first-order valence-corrected chi connectivity index (χ1v) is 6.68. The SMILES string of the molecule is COc1ccc(Br)cc1Nc1ccc(Cl)c(C(=O)O)n1. The predicted octanol–water partition coefficient (Wildman–Crippen LogP) is 3.95. The van der Waals surface area contributed by atoms with Gasteiger partial charge in [0, 0.05) is 4.47 Å². The minimum Gasteiger partial charge on any atom is -0.495 e. The van der Waals surface area contributed by atoms with Crippen LogP contribution in [0.15, 0.2) is 34.8 Å². The molecule has 0 atom stereocenters. The number of hydrogen-bond donors (Lipinski definition) is 2. The van der Waals surface area contributed by atoms with Gasteiger partial charge in [-0.25, -0.2) is 9.78 Å². The van der Waals surface area contributed by atoms with Crippen LogP contribution < -0.4 is 10.1 Å². The number of aromatic carboxylic acids is 1. The largest absolute Gasteiger partial charge is 0.495 e. The molecule has 0 aliphatic heterocycles. The second-order valence-corrected chi connectivity index (χ2v) is 5.12. The molecule has 0 unspecified atom stereocenters. The summed E-state index contributed by atoms with van der Waals surface area (Å²) in [6, 6.07) is 8.48. The lowest BCUT2D eigenvalue weighted by atomic mass is 10.3. The lowest BCUT2D eigenvalue weighted by Crippen LogP contribution is -2.04. The average Bonchev–Trinajstić information content (AvgIpc) is 2.41. The molecule has 7 heteroatoms. The Labute approximate surface area is 128 Å². The second-order valence-electron chi connectivity index (χ2n) is 3.80. The van der Waals surface area contributed by atoms with Crippen molar-refractivity contribution in [1.29, 1.82) is 0 Å². The summed E-state index contributed by atoms with van der Waals surface area (Å²) in [6.45, 7) is 0. The molecule has 104 valence electrons. The number of benzene rings is 1. The molecule has 2 N–H and O–H groups in total. The third-order valence-corrected chi connectivity index (χ3v) is 3.27. The van der Waals surface area contributed by atoms with Crippen LogP contribution >= 0.6 is 27.5 Å². The van der Waals surface area contributed by atoms with E-state index in [1.807, 2.05) is 6.07 Å². The van der Waals surface area contributed by atoms with Gasteiger partial charge in [0.25, 0.3) is 0 Å². The summed E-state index contributed by atoms with van der Waals surface area (Å²) in [5, 5.41) is 12.1. The van der Waals surface area contributed by atoms with Gasteiger partial charge in [-0.1, -0.05) is 27.5 Å². The summed E-state index contributed by atoms with van der Waals surface area (Å²) < 4.78 is 6.08. The van der Waals surface area contributed by atoms with Crippen molar-refractivity contribution in [1.82, 2.24) is 4.98 Å². The molecule has 0 fully saturated rings. The van der Waals surface area contributed by atoms with E-state index in [-0.39, 0.29) is 10.7 Å². The number of carbonyl (C=O) groups is 1. The van der Waals surface area contributed by atoms with E-state index in [0.717, 1.165) is 4.47 Å². The van der Waals surface area contributed by atoms with E-state index < -0.39 is 5.97 Å². The highest BCUT2D eigenvalue weighted by molar-refractivity contribution is 9.10. The van der Waals surface area contributed by atoms with E-state index >= 15 is 0 Å². The van der Waals surface area contributed by atoms with E-state index in [0.29, 0.717) is 17.3 Å². The summed E-state index contributed by atoms with van der Waals surface area (Å²) in [4.78, 5) is 15.0. The summed E-state index contributed by atoms with van der Waals surface area (Å²) >= 11 is 9.13. The Morgan fingerprint density at radius 2 is 2.15 bits per heavy atom. The number of nitrogens with one attached hydrogen (secondary N) is 1. The number of halogens is 2. The van der Waals surface area contributed by atoms with Crippen LogP contribution in [0.5, 0.6) is 5.75 Å². The molecule has 0 saturated carbocycles. The van der Waals surface area contributed by atoms with Gasteiger partial charge in [-0.15, -0.1) is 0 Å². The summed E-state index contributed by atoms with van der Waals surface area (Å²) in [5.41, 5.74) is 0.457. The first-order valence-electron chi connectivity index (χ1n) is 5.51. The predicted molar refractivity (Wildman–Crippen MR) is 80.2 cm³/mol. The van der Waals surface area contributed by atoms with Crippen molar-refractivity contribution < 1.29 is 14.6 Å². The van der Waals surface area contributed by atoms with Crippen LogP contribution in [0.3, 0.4) is 0 Å². The van der Waals surface area contributed by atoms with Gasteiger partial charge in [-0.2, -0.15) is 0 Å². The Balaban J connectivity index is 2.37. The normalized spacial score (nSPS) is 10.2. The van der Waals surface area contributed by atoms with Gasteiger partial charge >= 0.3 is 5.97 Å². The number of rotatable bonds is 4. The third kappa shape index (κ3) is 3.20. The van der Waals surface area contributed by atoms with Crippen molar-refractivity contribution in [2.45, 2.75) is 0 Å². The molecule has 0 spiro atoms. The number of anilines is 2. The number of methoxy groups -OCH3 is 1. The quantitative estimate of drug-likeness (QED) is 0.867. The molecule has 1 aromatic carbocycles. The van der Waals surface area contributed by atoms with Gasteiger partial charge in [0.2, 0.25) is 0 Å². The minimum absolute atomic E-state index is 0.0873. The van der Waals surface area contributed by atoms with Gasteiger partial charge in [-0.3, -0.25) is 0 Å². The Bertz CT molecular complexity index is 664. The second kappa shape index (κ2) is 6.11. The molecule has 20 heavy (non-hydrogen) atoms. The van der Waals surface area contributed by atoms with Crippen LogP contribution in [0.2, 0.25) is 5.02 Å². The first kappa shape index (κ1) is 14.6. The van der Waals surface area contributed by atoms with Gasteiger partial charge in [-0.05, 0) is 30.3 Å². The molecular formula is C13H10BrClN2O3. The lowest BCUT2D eigenvalue weighted by Gasteiger charge is -2.11. The highest BCUT2D eigenvalue weighted by Crippen LogP contribution is 2.30. The number of pyridine rings is 1. The standard InChI is InChI=1S/C13H10BrClN2O3/c1-20-10-4-2-7(14)6-9(10)16-11-5-3-8(15)12(17-11)13(18)19/h2-6H,1H3,(H,16,17)(H,18,19). The highest BCUT2D eigenvalue weighted by atomic mass is 79.9. The van der Waals surface area contributed by atoms with Crippen molar-refractivity contribution in [2.24, 2.45) is 0 Å². The van der Waals surface area contributed by atoms with Gasteiger partial charge < -0.3 is 15.2 Å². The fraction of sp³-hybridized carbons (Fsp3) is 0.0769.